The van der Waals surface area contributed by atoms with Gasteiger partial charge in [0.1, 0.15) is 30.2 Å². The number of hydrogen-bond donors (Lipinski definition) is 5. The number of rotatable bonds is 12. The highest BCUT2D eigenvalue weighted by molar-refractivity contribution is 6.33. The van der Waals surface area contributed by atoms with Gasteiger partial charge in [0.25, 0.3) is 5.91 Å². The van der Waals surface area contributed by atoms with Crippen LogP contribution in [0.1, 0.15) is 20.7 Å². The van der Waals surface area contributed by atoms with Crippen molar-refractivity contribution >= 4 is 75.3 Å². The molecule has 0 atom stereocenters. The molecule has 0 unspecified atom stereocenters. The standard InChI is InChI=1S/C33H22Cl2N2O13/c34-20-7-18-25(9-23(20)38)50-26-10-24(39)21(35)8-19(26)31(18)16-3-1-14(5-17(16)33(47)48)32(46)36-15-2-4-22(27(6-15)49-13-30(44)45)37(11-28(40)41)12-29(42)43/h1-10,38H,11-13H2,(H,36,46)(H,40,41)(H,42,43)(H,44,45)(H,47,48)/p-1. The van der Waals surface area contributed by atoms with Crippen molar-refractivity contribution in [2.24, 2.45) is 0 Å². The van der Waals surface area contributed by atoms with Gasteiger partial charge in [-0.15, -0.1) is 0 Å². The fourth-order valence-corrected chi connectivity index (χ4v) is 5.45. The Balaban J connectivity index is 1.58. The van der Waals surface area contributed by atoms with E-state index in [2.05, 4.69) is 5.32 Å². The smallest absolute Gasteiger partial charge is 0.341 e. The van der Waals surface area contributed by atoms with Gasteiger partial charge < -0.3 is 44.9 Å². The van der Waals surface area contributed by atoms with Crippen molar-refractivity contribution in [2.45, 2.75) is 0 Å². The van der Waals surface area contributed by atoms with Gasteiger partial charge in [0.2, 0.25) is 5.43 Å². The highest BCUT2D eigenvalue weighted by atomic mass is 35.5. The minimum absolute atomic E-state index is 0.00142. The summed E-state index contributed by atoms with van der Waals surface area (Å²) in [4.78, 5) is 73.2. The first-order valence-electron chi connectivity index (χ1n) is 14.1. The molecule has 2 aliphatic rings. The lowest BCUT2D eigenvalue weighted by Crippen LogP contribution is -2.34. The number of carboxylic acids is 4. The number of anilines is 2. The van der Waals surface area contributed by atoms with Crippen LogP contribution >= 0.6 is 23.2 Å². The summed E-state index contributed by atoms with van der Waals surface area (Å²) < 4.78 is 11.0. The maximum Gasteiger partial charge on any atom is 0.341 e. The van der Waals surface area contributed by atoms with Crippen LogP contribution < -0.4 is 25.5 Å². The molecule has 50 heavy (non-hydrogen) atoms. The van der Waals surface area contributed by atoms with Crippen LogP contribution in [-0.4, -0.2) is 69.9 Å². The van der Waals surface area contributed by atoms with Crippen LogP contribution in [0.15, 0.2) is 69.9 Å². The maximum absolute atomic E-state index is 13.4. The molecule has 5 rings (SSSR count). The Hall–Kier alpha value is -6.32. The number of aliphatic carboxylic acids is 3. The van der Waals surface area contributed by atoms with E-state index in [9.17, 15) is 49.2 Å². The molecule has 5 N–H and O–H groups in total. The van der Waals surface area contributed by atoms with Crippen molar-refractivity contribution in [2.75, 3.05) is 29.9 Å². The van der Waals surface area contributed by atoms with Gasteiger partial charge in [-0.1, -0.05) is 35.0 Å². The number of halogens is 2. The van der Waals surface area contributed by atoms with E-state index in [0.717, 1.165) is 29.2 Å². The second kappa shape index (κ2) is 14.0. The summed E-state index contributed by atoms with van der Waals surface area (Å²) in [5.41, 5.74) is -0.761. The molecule has 0 radical (unpaired) electrons. The van der Waals surface area contributed by atoms with Crippen LogP contribution in [0.2, 0.25) is 10.0 Å². The predicted octanol–water partition coefficient (Wildman–Crippen LogP) is 4.33. The topological polar surface area (TPSA) is 244 Å². The van der Waals surface area contributed by atoms with E-state index in [1.807, 2.05) is 0 Å². The molecule has 1 aliphatic heterocycles. The minimum Gasteiger partial charge on any atom is -0.871 e. The van der Waals surface area contributed by atoms with Gasteiger partial charge in [-0.3, -0.25) is 19.2 Å². The van der Waals surface area contributed by atoms with E-state index >= 15 is 0 Å². The highest BCUT2D eigenvalue weighted by Crippen LogP contribution is 2.44. The third-order valence-corrected chi connectivity index (χ3v) is 7.76. The number of carbonyl (C=O) groups excluding carboxylic acids is 1. The molecule has 15 nitrogen and oxygen atoms in total. The van der Waals surface area contributed by atoms with Gasteiger partial charge in [0, 0.05) is 44.9 Å². The molecule has 0 bridgehead atoms. The number of fused-ring (bicyclic) bond motifs is 2. The number of hydrogen-bond acceptors (Lipinski definition) is 10. The van der Waals surface area contributed by atoms with Crippen molar-refractivity contribution in [3.05, 3.63) is 92.1 Å². The molecule has 0 aromatic heterocycles. The van der Waals surface area contributed by atoms with Crippen molar-refractivity contribution in [1.82, 2.24) is 0 Å². The SMILES string of the molecule is O=C(O)COc1cc(NC(=O)c2ccc(-c3c4cc(Cl)c(=O)cc-4oc4cc([O-])c(Cl)cc34)c(C(=O)O)c2)ccc1N(CC(=O)O)CC(=O)O. The zero-order valence-electron chi connectivity index (χ0n) is 25.1. The average Bonchev–Trinajstić information content (AvgIpc) is 3.03. The zero-order valence-corrected chi connectivity index (χ0v) is 26.6. The lowest BCUT2D eigenvalue weighted by molar-refractivity contribution is -0.268. The fourth-order valence-electron chi connectivity index (χ4n) is 5.13. The van der Waals surface area contributed by atoms with Crippen LogP contribution in [0.3, 0.4) is 0 Å². The second-order valence-electron chi connectivity index (χ2n) is 10.6. The van der Waals surface area contributed by atoms with Gasteiger partial charge in [-0.2, -0.15) is 0 Å². The van der Waals surface area contributed by atoms with E-state index in [4.69, 9.17) is 37.5 Å². The molecule has 1 heterocycles. The lowest BCUT2D eigenvalue weighted by atomic mass is 9.89. The zero-order chi connectivity index (χ0) is 36.4. The molecule has 256 valence electrons. The molecular weight excluding hydrogens is 703 g/mol. The van der Waals surface area contributed by atoms with Crippen molar-refractivity contribution in [3.63, 3.8) is 0 Å². The van der Waals surface area contributed by atoms with Crippen molar-refractivity contribution in [3.8, 4) is 33.9 Å². The van der Waals surface area contributed by atoms with Crippen LogP contribution in [-0.2, 0) is 14.4 Å². The van der Waals surface area contributed by atoms with Gasteiger partial charge in [-0.05, 0) is 48.0 Å². The number of carbonyl (C=O) groups is 5. The van der Waals surface area contributed by atoms with Crippen LogP contribution in [0.5, 0.6) is 11.5 Å². The van der Waals surface area contributed by atoms with Crippen LogP contribution in [0, 0.1) is 0 Å². The molecule has 1 amide bonds. The quantitative estimate of drug-likeness (QED) is 0.113. The number of ether oxygens (including phenoxy) is 1. The van der Waals surface area contributed by atoms with E-state index in [1.54, 1.807) is 0 Å². The van der Waals surface area contributed by atoms with Gasteiger partial charge >= 0.3 is 23.9 Å². The number of benzene rings is 4. The largest absolute Gasteiger partial charge is 0.871 e. The van der Waals surface area contributed by atoms with Crippen molar-refractivity contribution in [1.29, 1.82) is 0 Å². The Kier molecular flexibility index (Phi) is 9.83. The molecule has 0 fully saturated rings. The molecule has 0 spiro atoms. The number of aromatic carboxylic acids is 1. The molecule has 17 heteroatoms. The third-order valence-electron chi connectivity index (χ3n) is 7.17. The molecular formula is C33H21Cl2N2O13-. The van der Waals surface area contributed by atoms with Crippen LogP contribution in [0.4, 0.5) is 11.4 Å². The normalized spacial score (nSPS) is 10.9. The monoisotopic (exact) mass is 723 g/mol. The summed E-state index contributed by atoms with van der Waals surface area (Å²) in [5.74, 6) is -7.30. The number of amides is 1. The number of nitrogens with zero attached hydrogens (tertiary/aromatic N) is 1. The number of carboxylic acid groups (broad SMARTS) is 4. The summed E-state index contributed by atoms with van der Waals surface area (Å²) in [7, 11) is 0. The average molecular weight is 724 g/mol. The van der Waals surface area contributed by atoms with Gasteiger partial charge in [0.15, 0.2) is 6.61 Å². The van der Waals surface area contributed by atoms with E-state index in [1.165, 1.54) is 36.4 Å². The fraction of sp³-hybridized carbons (Fsp3) is 0.0909. The summed E-state index contributed by atoms with van der Waals surface area (Å²) in [6, 6.07) is 12.1. The van der Waals surface area contributed by atoms with Gasteiger partial charge in [0.05, 0.1) is 16.3 Å². The molecule has 1 aliphatic carbocycles. The van der Waals surface area contributed by atoms with E-state index < -0.39 is 60.7 Å². The summed E-state index contributed by atoms with van der Waals surface area (Å²) >= 11 is 12.3. The Morgan fingerprint density at radius 1 is 0.820 bits per heavy atom. The minimum atomic E-state index is -1.46. The molecule has 0 saturated carbocycles. The summed E-state index contributed by atoms with van der Waals surface area (Å²) in [5, 5.41) is 52.5. The summed E-state index contributed by atoms with van der Waals surface area (Å²) in [6.45, 7) is -2.44. The summed E-state index contributed by atoms with van der Waals surface area (Å²) in [6.07, 6.45) is 0. The first-order chi connectivity index (χ1) is 23.6. The van der Waals surface area contributed by atoms with Crippen LogP contribution in [0.25, 0.3) is 33.4 Å². The van der Waals surface area contributed by atoms with Crippen molar-refractivity contribution < 1.29 is 58.7 Å². The Bertz CT molecular complexity index is 2250. The Labute approximate surface area is 289 Å². The second-order valence-corrected chi connectivity index (χ2v) is 11.4. The first-order valence-corrected chi connectivity index (χ1v) is 14.8. The maximum atomic E-state index is 13.4. The molecule has 3 aromatic rings. The Morgan fingerprint density at radius 2 is 1.52 bits per heavy atom. The molecule has 3 aromatic carbocycles. The van der Waals surface area contributed by atoms with E-state index in [0.29, 0.717) is 0 Å². The Morgan fingerprint density at radius 3 is 2.16 bits per heavy atom. The van der Waals surface area contributed by atoms with E-state index in [-0.39, 0.29) is 71.7 Å². The predicted molar refractivity (Wildman–Crippen MR) is 176 cm³/mol. The number of nitrogens with one attached hydrogen (secondary N) is 1. The lowest BCUT2D eigenvalue weighted by Gasteiger charge is -2.24. The highest BCUT2D eigenvalue weighted by Gasteiger charge is 2.25. The first kappa shape index (κ1) is 35.0. The molecule has 0 saturated heterocycles. The van der Waals surface area contributed by atoms with Gasteiger partial charge in [-0.25, -0.2) is 9.59 Å². The third kappa shape index (κ3) is 7.38.